The fraction of sp³-hybridized carbons (Fsp3) is 0.186. The first-order chi connectivity index (χ1) is 26.7. The number of halogens is 1. The standard InChI is InChI=1S/C43H35IN4O7/c1-54-38-22-27(21-37(44)40(38)55-25-26-9-8-14-30(19-26)48(52)53)20-36-41(49)45-43(51)47(42(36)50)31-23-34-32(28-10-4-2-5-11-28)15-17-46-18-16-33(35(24-31)39(34)46)29-12-6-3-7-13-29/h2-14,19-24,32-33H,15-18,25H2,1H3,(H,45,49,51)/b36-20+/t32-,33+. The molecule has 2 atom stereocenters. The van der Waals surface area contributed by atoms with Gasteiger partial charge in [0.25, 0.3) is 17.5 Å². The second kappa shape index (κ2) is 15.0. The van der Waals surface area contributed by atoms with Crippen molar-refractivity contribution >= 4 is 63.6 Å². The van der Waals surface area contributed by atoms with Gasteiger partial charge in [0.15, 0.2) is 11.5 Å². The number of imide groups is 2. The third kappa shape index (κ3) is 6.93. The molecule has 0 saturated carbocycles. The first kappa shape index (κ1) is 36.0. The van der Waals surface area contributed by atoms with Crippen molar-refractivity contribution < 1.29 is 28.8 Å². The molecule has 0 spiro atoms. The fourth-order valence-corrected chi connectivity index (χ4v) is 8.69. The number of hydrogen-bond donors (Lipinski definition) is 1. The average molecular weight is 847 g/mol. The van der Waals surface area contributed by atoms with Crippen LogP contribution in [0, 0.1) is 13.7 Å². The van der Waals surface area contributed by atoms with Crippen molar-refractivity contribution in [2.24, 2.45) is 0 Å². The van der Waals surface area contributed by atoms with Crippen molar-refractivity contribution in [2.45, 2.75) is 31.3 Å². The highest BCUT2D eigenvalue weighted by molar-refractivity contribution is 14.1. The zero-order valence-electron chi connectivity index (χ0n) is 29.7. The number of urea groups is 1. The van der Waals surface area contributed by atoms with Crippen molar-refractivity contribution in [3.05, 3.63) is 162 Å². The summed E-state index contributed by atoms with van der Waals surface area (Å²) in [6, 6.07) is 33.2. The van der Waals surface area contributed by atoms with Crippen LogP contribution in [0.15, 0.2) is 115 Å². The normalized spacial score (nSPS) is 18.5. The van der Waals surface area contributed by atoms with Crippen LogP contribution in [-0.2, 0) is 16.2 Å². The molecule has 12 heteroatoms. The molecule has 0 radical (unpaired) electrons. The Balaban J connectivity index is 1.17. The van der Waals surface area contributed by atoms with E-state index < -0.39 is 22.8 Å². The predicted octanol–water partition coefficient (Wildman–Crippen LogP) is 8.33. The first-order valence-electron chi connectivity index (χ1n) is 17.9. The third-order valence-electron chi connectivity index (χ3n) is 10.4. The molecule has 1 fully saturated rings. The van der Waals surface area contributed by atoms with Crippen molar-refractivity contribution in [1.29, 1.82) is 0 Å². The quantitative estimate of drug-likeness (QED) is 0.0516. The minimum Gasteiger partial charge on any atom is -0.493 e. The number of amides is 4. The van der Waals surface area contributed by atoms with Gasteiger partial charge in [0.2, 0.25) is 0 Å². The Morgan fingerprint density at radius 2 is 1.49 bits per heavy atom. The molecule has 5 aromatic rings. The van der Waals surface area contributed by atoms with E-state index in [1.165, 1.54) is 25.3 Å². The summed E-state index contributed by atoms with van der Waals surface area (Å²) >= 11 is 2.07. The number of rotatable bonds is 9. The number of nitrogens with zero attached hydrogens (tertiary/aromatic N) is 3. The molecule has 3 aliphatic heterocycles. The Bertz CT molecular complexity index is 2310. The molecular weight excluding hydrogens is 811 g/mol. The Morgan fingerprint density at radius 1 is 0.855 bits per heavy atom. The maximum Gasteiger partial charge on any atom is 0.335 e. The van der Waals surface area contributed by atoms with Gasteiger partial charge in [-0.1, -0.05) is 72.8 Å². The van der Waals surface area contributed by atoms with Gasteiger partial charge >= 0.3 is 6.03 Å². The maximum atomic E-state index is 14.4. The van der Waals surface area contributed by atoms with E-state index in [0.717, 1.165) is 58.8 Å². The topological polar surface area (TPSA) is 131 Å². The molecule has 5 aromatic carbocycles. The Morgan fingerprint density at radius 3 is 2.09 bits per heavy atom. The molecule has 11 nitrogen and oxygen atoms in total. The predicted molar refractivity (Wildman–Crippen MR) is 217 cm³/mol. The van der Waals surface area contributed by atoms with Crippen molar-refractivity contribution in [3.63, 3.8) is 0 Å². The van der Waals surface area contributed by atoms with Crippen LogP contribution < -0.4 is 24.6 Å². The summed E-state index contributed by atoms with van der Waals surface area (Å²) in [6.07, 6.45) is 3.20. The summed E-state index contributed by atoms with van der Waals surface area (Å²) in [5.74, 6) is -0.720. The van der Waals surface area contributed by atoms with E-state index in [-0.39, 0.29) is 29.7 Å². The van der Waals surface area contributed by atoms with Crippen LogP contribution in [0.4, 0.5) is 21.9 Å². The van der Waals surface area contributed by atoms with Gasteiger partial charge < -0.3 is 14.4 Å². The summed E-state index contributed by atoms with van der Waals surface area (Å²) < 4.78 is 12.3. The Labute approximate surface area is 330 Å². The lowest BCUT2D eigenvalue weighted by Gasteiger charge is -2.44. The summed E-state index contributed by atoms with van der Waals surface area (Å²) in [6.45, 7) is 1.83. The number of carbonyl (C=O) groups excluding carboxylic acids is 3. The SMILES string of the molecule is COc1cc(/C=C2\C(=O)NC(=O)N(c3cc4c5c(c3)[C@H](c3ccccc3)CCN5CC[C@@H]4c3ccccc3)C2=O)cc(I)c1OCc1cccc([N+](=O)[O-])c1. The molecule has 276 valence electrons. The Hall–Kier alpha value is -6.02. The number of nitrogens with one attached hydrogen (secondary N) is 1. The number of anilines is 2. The van der Waals surface area contributed by atoms with Gasteiger partial charge in [-0.05, 0) is 99.2 Å². The number of ether oxygens (including phenoxy) is 2. The van der Waals surface area contributed by atoms with Gasteiger partial charge in [0.05, 0.1) is 21.3 Å². The molecule has 1 N–H and O–H groups in total. The van der Waals surface area contributed by atoms with E-state index in [0.29, 0.717) is 31.9 Å². The van der Waals surface area contributed by atoms with Gasteiger partial charge in [-0.3, -0.25) is 25.0 Å². The average Bonchev–Trinajstić information content (AvgIpc) is 3.19. The summed E-state index contributed by atoms with van der Waals surface area (Å²) in [5.41, 5.74) is 6.79. The van der Waals surface area contributed by atoms with Crippen LogP contribution in [-0.4, -0.2) is 43.0 Å². The molecule has 3 heterocycles. The minimum atomic E-state index is -0.813. The zero-order chi connectivity index (χ0) is 38.2. The molecule has 3 aliphatic rings. The number of nitro groups is 1. The van der Waals surface area contributed by atoms with E-state index in [1.54, 1.807) is 24.3 Å². The number of benzene rings is 5. The molecule has 0 aliphatic carbocycles. The van der Waals surface area contributed by atoms with Crippen molar-refractivity contribution in [1.82, 2.24) is 5.32 Å². The van der Waals surface area contributed by atoms with Crippen molar-refractivity contribution in [2.75, 3.05) is 30.0 Å². The van der Waals surface area contributed by atoms with Gasteiger partial charge in [-0.25, -0.2) is 9.69 Å². The van der Waals surface area contributed by atoms with Crippen LogP contribution in [0.3, 0.4) is 0 Å². The van der Waals surface area contributed by atoms with Crippen LogP contribution >= 0.6 is 22.6 Å². The third-order valence-corrected chi connectivity index (χ3v) is 11.2. The highest BCUT2D eigenvalue weighted by atomic mass is 127. The molecule has 8 rings (SSSR count). The second-order valence-electron chi connectivity index (χ2n) is 13.7. The number of non-ortho nitro benzene ring substituents is 1. The molecule has 0 bridgehead atoms. The Kier molecular flexibility index (Phi) is 9.82. The molecule has 0 aromatic heterocycles. The molecular formula is C43H35IN4O7. The van der Waals surface area contributed by atoms with E-state index in [4.69, 9.17) is 9.47 Å². The van der Waals surface area contributed by atoms with E-state index in [9.17, 15) is 24.5 Å². The molecule has 4 amide bonds. The number of methoxy groups -OCH3 is 1. The first-order valence-corrected chi connectivity index (χ1v) is 19.0. The largest absolute Gasteiger partial charge is 0.493 e. The van der Waals surface area contributed by atoms with Crippen LogP contribution in [0.5, 0.6) is 11.5 Å². The van der Waals surface area contributed by atoms with Gasteiger partial charge in [-0.15, -0.1) is 0 Å². The maximum absolute atomic E-state index is 14.4. The second-order valence-corrected chi connectivity index (χ2v) is 14.8. The summed E-state index contributed by atoms with van der Waals surface area (Å²) in [4.78, 5) is 55.7. The monoisotopic (exact) mass is 846 g/mol. The van der Waals surface area contributed by atoms with E-state index in [1.807, 2.05) is 48.5 Å². The number of nitro benzene ring substituents is 1. The van der Waals surface area contributed by atoms with Crippen LogP contribution in [0.1, 0.15) is 58.1 Å². The lowest BCUT2D eigenvalue weighted by Crippen LogP contribution is -2.54. The summed E-state index contributed by atoms with van der Waals surface area (Å²) in [7, 11) is 1.47. The van der Waals surface area contributed by atoms with Crippen molar-refractivity contribution in [3.8, 4) is 11.5 Å². The van der Waals surface area contributed by atoms with Crippen LogP contribution in [0.2, 0.25) is 0 Å². The number of carbonyl (C=O) groups is 3. The van der Waals surface area contributed by atoms with E-state index >= 15 is 0 Å². The van der Waals surface area contributed by atoms with Gasteiger partial charge in [0, 0.05) is 42.7 Å². The number of barbiturate groups is 1. The van der Waals surface area contributed by atoms with Crippen LogP contribution in [0.25, 0.3) is 6.08 Å². The van der Waals surface area contributed by atoms with E-state index in [2.05, 4.69) is 57.1 Å². The fourth-order valence-electron chi connectivity index (χ4n) is 7.91. The molecule has 0 unspecified atom stereocenters. The van der Waals surface area contributed by atoms with Gasteiger partial charge in [0.1, 0.15) is 12.2 Å². The molecule has 55 heavy (non-hydrogen) atoms. The molecule has 1 saturated heterocycles. The minimum absolute atomic E-state index is 0.0449. The lowest BCUT2D eigenvalue weighted by molar-refractivity contribution is -0.384. The highest BCUT2D eigenvalue weighted by Crippen LogP contribution is 2.50. The smallest absolute Gasteiger partial charge is 0.335 e. The van der Waals surface area contributed by atoms with Gasteiger partial charge in [-0.2, -0.15) is 0 Å². The summed E-state index contributed by atoms with van der Waals surface area (Å²) in [5, 5.41) is 13.6. The zero-order valence-corrected chi connectivity index (χ0v) is 31.9. The highest BCUT2D eigenvalue weighted by Gasteiger charge is 2.40. The lowest BCUT2D eigenvalue weighted by atomic mass is 9.76. The number of hydrogen-bond acceptors (Lipinski definition) is 8.